The Morgan fingerprint density at radius 2 is 1.63 bits per heavy atom. The highest BCUT2D eigenvalue weighted by Gasteiger charge is 2.17. The predicted molar refractivity (Wildman–Crippen MR) is 84.3 cm³/mol. The van der Waals surface area contributed by atoms with Crippen molar-refractivity contribution >= 4 is 24.7 Å². The molecule has 0 aliphatic rings. The molecule has 1 atom stereocenters. The molecule has 2 aromatic carbocycles. The van der Waals surface area contributed by atoms with Crippen LogP contribution < -0.4 is 5.30 Å². The molecule has 0 bridgehead atoms. The summed E-state index contributed by atoms with van der Waals surface area (Å²) in [5.41, 5.74) is 0.898. The molecule has 2 nitrogen and oxygen atoms in total. The second-order valence-corrected chi connectivity index (χ2v) is 6.49. The highest BCUT2D eigenvalue weighted by atomic mass is 31.1. The quantitative estimate of drug-likeness (QED) is 0.659. The van der Waals surface area contributed by atoms with Gasteiger partial charge in [-0.05, 0) is 18.5 Å². The molecule has 2 aromatic rings. The Kier molecular flexibility index (Phi) is 4.31. The van der Waals surface area contributed by atoms with Gasteiger partial charge in [0.2, 0.25) is 0 Å². The summed E-state index contributed by atoms with van der Waals surface area (Å²) in [6.45, 7) is 6.37. The summed E-state index contributed by atoms with van der Waals surface area (Å²) in [5, 5.41) is 23.3. The molecule has 0 amide bonds. The van der Waals surface area contributed by atoms with Crippen LogP contribution in [0.5, 0.6) is 11.5 Å². The smallest absolute Gasteiger partial charge is 0.131 e. The van der Waals surface area contributed by atoms with Crippen LogP contribution >= 0.6 is 8.58 Å². The van der Waals surface area contributed by atoms with Crippen molar-refractivity contribution in [2.75, 3.05) is 6.16 Å². The summed E-state index contributed by atoms with van der Waals surface area (Å²) in [6, 6.07) is 7.51. The summed E-state index contributed by atoms with van der Waals surface area (Å²) in [5.74, 6) is 1.28. The molecule has 0 saturated carbocycles. The van der Waals surface area contributed by atoms with Crippen LogP contribution in [0.1, 0.15) is 26.3 Å². The Morgan fingerprint density at radius 3 is 2.16 bits per heavy atom. The van der Waals surface area contributed by atoms with E-state index in [1.54, 1.807) is 0 Å². The fourth-order valence-electron chi connectivity index (χ4n) is 2.30. The molecule has 0 radical (unpaired) electrons. The molecular formula is C16H21O2P. The molecule has 0 fully saturated rings. The minimum absolute atomic E-state index is 0.335. The maximum absolute atomic E-state index is 10.5. The average Bonchev–Trinajstić information content (AvgIpc) is 2.41. The van der Waals surface area contributed by atoms with Crippen molar-refractivity contribution in [1.82, 2.24) is 0 Å². The van der Waals surface area contributed by atoms with Gasteiger partial charge in [0.05, 0.1) is 0 Å². The SMILES string of the molecule is CCc1c(PCC(C)C)c(O)c2ccccc2c1O. The van der Waals surface area contributed by atoms with Gasteiger partial charge in [-0.2, -0.15) is 0 Å². The minimum Gasteiger partial charge on any atom is -0.507 e. The predicted octanol–water partition coefficient (Wildman–Crippen LogP) is 3.77. The maximum atomic E-state index is 10.5. The number of aromatic hydroxyl groups is 2. The number of rotatable bonds is 4. The normalized spacial score (nSPS) is 12.0. The Hall–Kier alpha value is -1.27. The van der Waals surface area contributed by atoms with E-state index < -0.39 is 0 Å². The Labute approximate surface area is 116 Å². The number of phenols is 2. The lowest BCUT2D eigenvalue weighted by atomic mass is 10.0. The largest absolute Gasteiger partial charge is 0.507 e. The molecule has 102 valence electrons. The molecule has 0 spiro atoms. The van der Waals surface area contributed by atoms with Gasteiger partial charge < -0.3 is 10.2 Å². The zero-order valence-corrected chi connectivity index (χ0v) is 12.7. The topological polar surface area (TPSA) is 40.5 Å². The van der Waals surface area contributed by atoms with E-state index in [4.69, 9.17) is 0 Å². The van der Waals surface area contributed by atoms with Crippen molar-refractivity contribution < 1.29 is 10.2 Å². The van der Waals surface area contributed by atoms with Crippen LogP contribution in [0.4, 0.5) is 0 Å². The minimum atomic E-state index is 0.335. The van der Waals surface area contributed by atoms with Gasteiger partial charge in [0.1, 0.15) is 11.5 Å². The van der Waals surface area contributed by atoms with Gasteiger partial charge in [-0.15, -0.1) is 0 Å². The van der Waals surface area contributed by atoms with E-state index in [2.05, 4.69) is 13.8 Å². The molecule has 2 N–H and O–H groups in total. The van der Waals surface area contributed by atoms with E-state index in [0.29, 0.717) is 26.0 Å². The molecule has 3 heteroatoms. The highest BCUT2D eigenvalue weighted by Crippen LogP contribution is 2.38. The van der Waals surface area contributed by atoms with Gasteiger partial charge in [-0.25, -0.2) is 0 Å². The second-order valence-electron chi connectivity index (χ2n) is 5.22. The number of hydrogen-bond acceptors (Lipinski definition) is 2. The first kappa shape index (κ1) is 14.1. The van der Waals surface area contributed by atoms with E-state index >= 15 is 0 Å². The number of phenolic OH excluding ortho intramolecular Hbond substituents is 2. The van der Waals surface area contributed by atoms with Crippen molar-refractivity contribution in [1.29, 1.82) is 0 Å². The molecule has 2 rings (SSSR count). The molecule has 0 aliphatic carbocycles. The lowest BCUT2D eigenvalue weighted by Gasteiger charge is -2.16. The Morgan fingerprint density at radius 1 is 1.05 bits per heavy atom. The van der Waals surface area contributed by atoms with Crippen LogP contribution in [0.3, 0.4) is 0 Å². The van der Waals surface area contributed by atoms with Crippen molar-refractivity contribution in [2.24, 2.45) is 5.92 Å². The highest BCUT2D eigenvalue weighted by molar-refractivity contribution is 7.47. The summed E-state index contributed by atoms with van der Waals surface area (Å²) >= 11 is 0. The zero-order valence-electron chi connectivity index (χ0n) is 11.7. The van der Waals surface area contributed by atoms with Gasteiger partial charge in [-0.1, -0.05) is 53.6 Å². The standard InChI is InChI=1S/C16H21O2P/c1-4-11-14(17)12-7-5-6-8-13(12)15(18)16(11)19-9-10(2)3/h5-8,10,17-19H,4,9H2,1-3H3. The summed E-state index contributed by atoms with van der Waals surface area (Å²) in [6.07, 6.45) is 1.78. The lowest BCUT2D eigenvalue weighted by molar-refractivity contribution is 0.467. The molecule has 0 aromatic heterocycles. The molecular weight excluding hydrogens is 255 g/mol. The van der Waals surface area contributed by atoms with Gasteiger partial charge in [-0.3, -0.25) is 0 Å². The third-order valence-corrected chi connectivity index (χ3v) is 5.22. The zero-order chi connectivity index (χ0) is 14.0. The average molecular weight is 276 g/mol. The fraction of sp³-hybridized carbons (Fsp3) is 0.375. The number of benzene rings is 2. The Balaban J connectivity index is 2.63. The number of fused-ring (bicyclic) bond motifs is 1. The summed E-state index contributed by atoms with van der Waals surface area (Å²) in [4.78, 5) is 0. The van der Waals surface area contributed by atoms with E-state index in [9.17, 15) is 10.2 Å². The second kappa shape index (κ2) is 5.79. The van der Waals surface area contributed by atoms with E-state index in [1.165, 1.54) is 0 Å². The Bertz CT molecular complexity index is 591. The molecule has 0 saturated heterocycles. The van der Waals surface area contributed by atoms with Crippen LogP contribution in [-0.2, 0) is 6.42 Å². The van der Waals surface area contributed by atoms with Crippen molar-refractivity contribution in [3.8, 4) is 11.5 Å². The fourth-order valence-corrected chi connectivity index (χ4v) is 3.72. The van der Waals surface area contributed by atoms with Crippen LogP contribution in [0.25, 0.3) is 10.8 Å². The first-order chi connectivity index (χ1) is 9.06. The van der Waals surface area contributed by atoms with Crippen LogP contribution in [-0.4, -0.2) is 16.4 Å². The third kappa shape index (κ3) is 2.69. The third-order valence-electron chi connectivity index (χ3n) is 3.30. The van der Waals surface area contributed by atoms with Crippen molar-refractivity contribution in [2.45, 2.75) is 27.2 Å². The van der Waals surface area contributed by atoms with Crippen molar-refractivity contribution in [3.63, 3.8) is 0 Å². The van der Waals surface area contributed by atoms with Gasteiger partial charge >= 0.3 is 0 Å². The first-order valence-electron chi connectivity index (χ1n) is 6.75. The number of hydrogen-bond donors (Lipinski definition) is 2. The lowest BCUT2D eigenvalue weighted by Crippen LogP contribution is -2.08. The van der Waals surface area contributed by atoms with E-state index in [-0.39, 0.29) is 0 Å². The van der Waals surface area contributed by atoms with Gasteiger partial charge in [0.15, 0.2) is 0 Å². The molecule has 0 heterocycles. The van der Waals surface area contributed by atoms with E-state index in [1.807, 2.05) is 31.2 Å². The monoisotopic (exact) mass is 276 g/mol. The molecule has 0 aliphatic heterocycles. The molecule has 19 heavy (non-hydrogen) atoms. The summed E-state index contributed by atoms with van der Waals surface area (Å²) in [7, 11) is 0.539. The maximum Gasteiger partial charge on any atom is 0.131 e. The molecule has 1 unspecified atom stereocenters. The van der Waals surface area contributed by atoms with Crippen molar-refractivity contribution in [3.05, 3.63) is 29.8 Å². The van der Waals surface area contributed by atoms with Crippen LogP contribution in [0.15, 0.2) is 24.3 Å². The van der Waals surface area contributed by atoms with Crippen LogP contribution in [0, 0.1) is 5.92 Å². The van der Waals surface area contributed by atoms with E-state index in [0.717, 1.165) is 34.2 Å². The van der Waals surface area contributed by atoms with Gasteiger partial charge in [0.25, 0.3) is 0 Å². The van der Waals surface area contributed by atoms with Gasteiger partial charge in [0, 0.05) is 21.6 Å². The summed E-state index contributed by atoms with van der Waals surface area (Å²) < 4.78 is 0. The first-order valence-corrected chi connectivity index (χ1v) is 7.96. The van der Waals surface area contributed by atoms with Crippen LogP contribution in [0.2, 0.25) is 0 Å².